The Bertz CT molecular complexity index is 1130. The number of carbonyl (C=O) groups excluding carboxylic acids is 1. The maximum atomic E-state index is 12.9. The highest BCUT2D eigenvalue weighted by molar-refractivity contribution is 7.93. The van der Waals surface area contributed by atoms with E-state index in [0.29, 0.717) is 16.8 Å². The Morgan fingerprint density at radius 3 is 2.41 bits per heavy atom. The van der Waals surface area contributed by atoms with Crippen LogP contribution in [0.15, 0.2) is 65.6 Å². The topological polar surface area (TPSA) is 92.5 Å². The number of carbonyl (C=O) groups is 1. The van der Waals surface area contributed by atoms with Gasteiger partial charge in [0, 0.05) is 17.1 Å². The monoisotopic (exact) mass is 381 g/mol. The number of benzene rings is 3. The molecule has 0 radical (unpaired) electrons. The second kappa shape index (κ2) is 6.37. The van der Waals surface area contributed by atoms with Crippen molar-refractivity contribution in [2.45, 2.75) is 17.9 Å². The Hall–Kier alpha value is -2.90. The second-order valence-corrected chi connectivity index (χ2v) is 8.43. The average Bonchev–Trinajstić information content (AvgIpc) is 2.86. The lowest BCUT2D eigenvalue weighted by Crippen LogP contribution is -2.35. The predicted molar refractivity (Wildman–Crippen MR) is 106 cm³/mol. The van der Waals surface area contributed by atoms with Crippen LogP contribution in [0.5, 0.6) is 0 Å². The molecule has 1 heterocycles. The molecule has 0 bridgehead atoms. The lowest BCUT2D eigenvalue weighted by molar-refractivity contribution is -0.114. The summed E-state index contributed by atoms with van der Waals surface area (Å²) >= 11 is 0. The van der Waals surface area contributed by atoms with Crippen LogP contribution in [0.3, 0.4) is 0 Å². The summed E-state index contributed by atoms with van der Waals surface area (Å²) in [7, 11) is -3.75. The lowest BCUT2D eigenvalue weighted by Gasteiger charge is -2.18. The zero-order chi connectivity index (χ0) is 19.2. The minimum absolute atomic E-state index is 0.0940. The van der Waals surface area contributed by atoms with Crippen molar-refractivity contribution in [2.24, 2.45) is 5.73 Å². The second-order valence-electron chi connectivity index (χ2n) is 6.60. The van der Waals surface area contributed by atoms with E-state index >= 15 is 0 Å². The highest BCUT2D eigenvalue weighted by Gasteiger charge is 2.36. The van der Waals surface area contributed by atoms with E-state index in [9.17, 15) is 13.2 Å². The highest BCUT2D eigenvalue weighted by Crippen LogP contribution is 2.41. The van der Waals surface area contributed by atoms with Crippen molar-refractivity contribution in [3.63, 3.8) is 0 Å². The largest absolute Gasteiger partial charge is 0.325 e. The summed E-state index contributed by atoms with van der Waals surface area (Å²) in [6, 6.07) is 17.6. The molecule has 1 aliphatic rings. The predicted octanol–water partition coefficient (Wildman–Crippen LogP) is 3.01. The standard InChI is InChI=1S/C20H19N3O3S/c1-13(21)14-8-10-16(11-9-14)22-19(24)12-23-17-6-2-4-15-5-3-7-18(20(15)17)27(23,25)26/h2-11,13H,12,21H2,1H3,(H,22,24). The van der Waals surface area contributed by atoms with Gasteiger partial charge in [-0.15, -0.1) is 0 Å². The highest BCUT2D eigenvalue weighted by atomic mass is 32.2. The van der Waals surface area contributed by atoms with Gasteiger partial charge in [-0.3, -0.25) is 9.10 Å². The van der Waals surface area contributed by atoms with Crippen LogP contribution >= 0.6 is 0 Å². The Balaban J connectivity index is 1.60. The van der Waals surface area contributed by atoms with Gasteiger partial charge in [0.1, 0.15) is 6.54 Å². The minimum Gasteiger partial charge on any atom is -0.325 e. The summed E-state index contributed by atoms with van der Waals surface area (Å²) in [6.07, 6.45) is 0. The van der Waals surface area contributed by atoms with Gasteiger partial charge in [-0.2, -0.15) is 0 Å². The molecular formula is C20H19N3O3S. The molecule has 3 N–H and O–H groups in total. The van der Waals surface area contributed by atoms with Crippen molar-refractivity contribution in [3.8, 4) is 0 Å². The van der Waals surface area contributed by atoms with Gasteiger partial charge in [0.15, 0.2) is 0 Å². The van der Waals surface area contributed by atoms with Gasteiger partial charge < -0.3 is 11.1 Å². The Kier molecular flexibility index (Phi) is 4.13. The van der Waals surface area contributed by atoms with E-state index in [4.69, 9.17) is 5.73 Å². The van der Waals surface area contributed by atoms with Crippen LogP contribution < -0.4 is 15.4 Å². The van der Waals surface area contributed by atoms with Gasteiger partial charge in [0.2, 0.25) is 5.91 Å². The summed E-state index contributed by atoms with van der Waals surface area (Å²) in [5.74, 6) is -0.406. The normalized spacial score (nSPS) is 15.7. The first kappa shape index (κ1) is 17.5. The Morgan fingerprint density at radius 1 is 1.07 bits per heavy atom. The van der Waals surface area contributed by atoms with Crippen molar-refractivity contribution in [2.75, 3.05) is 16.2 Å². The van der Waals surface area contributed by atoms with Crippen molar-refractivity contribution < 1.29 is 13.2 Å². The molecule has 7 heteroatoms. The molecule has 0 spiro atoms. The van der Waals surface area contributed by atoms with Gasteiger partial charge in [0.05, 0.1) is 10.6 Å². The summed E-state index contributed by atoms with van der Waals surface area (Å²) < 4.78 is 27.0. The van der Waals surface area contributed by atoms with Crippen LogP contribution in [0.2, 0.25) is 0 Å². The lowest BCUT2D eigenvalue weighted by atomic mass is 10.1. The molecule has 4 rings (SSSR count). The van der Waals surface area contributed by atoms with Crippen LogP contribution in [0.1, 0.15) is 18.5 Å². The molecule has 138 valence electrons. The first-order valence-corrected chi connectivity index (χ1v) is 10.0. The summed E-state index contributed by atoms with van der Waals surface area (Å²) in [6.45, 7) is 1.59. The molecule has 1 amide bonds. The number of sulfonamides is 1. The third-order valence-corrected chi connectivity index (χ3v) is 6.49. The SMILES string of the molecule is CC(N)c1ccc(NC(=O)CN2c3cccc4cccc(c34)S2(=O)=O)cc1. The molecule has 27 heavy (non-hydrogen) atoms. The molecule has 0 aromatic heterocycles. The molecule has 0 fully saturated rings. The van der Waals surface area contributed by atoms with Crippen LogP contribution in [0.4, 0.5) is 11.4 Å². The van der Waals surface area contributed by atoms with Gasteiger partial charge in [-0.05, 0) is 42.1 Å². The number of hydrogen-bond acceptors (Lipinski definition) is 4. The molecule has 3 aromatic carbocycles. The average molecular weight is 381 g/mol. The summed E-state index contributed by atoms with van der Waals surface area (Å²) in [5.41, 5.74) is 7.90. The molecular weight excluding hydrogens is 362 g/mol. The number of amides is 1. The fourth-order valence-corrected chi connectivity index (χ4v) is 5.00. The number of nitrogens with two attached hydrogens (primary N) is 1. The summed E-state index contributed by atoms with van der Waals surface area (Å²) in [5, 5.41) is 4.24. The molecule has 0 saturated carbocycles. The Morgan fingerprint density at radius 2 is 1.74 bits per heavy atom. The molecule has 1 unspecified atom stereocenters. The first-order chi connectivity index (χ1) is 12.9. The zero-order valence-electron chi connectivity index (χ0n) is 14.7. The van der Waals surface area contributed by atoms with Crippen molar-refractivity contribution in [1.29, 1.82) is 0 Å². The van der Waals surface area contributed by atoms with Crippen molar-refractivity contribution in [1.82, 2.24) is 0 Å². The van der Waals surface area contributed by atoms with E-state index < -0.39 is 15.9 Å². The Labute approximate surface area is 157 Å². The van der Waals surface area contributed by atoms with E-state index in [0.717, 1.165) is 15.3 Å². The maximum absolute atomic E-state index is 12.9. The molecule has 1 atom stereocenters. The number of anilines is 2. The van der Waals surface area contributed by atoms with E-state index in [1.807, 2.05) is 31.2 Å². The van der Waals surface area contributed by atoms with Crippen LogP contribution in [0, 0.1) is 0 Å². The van der Waals surface area contributed by atoms with Crippen molar-refractivity contribution >= 4 is 38.1 Å². The zero-order valence-corrected chi connectivity index (χ0v) is 15.5. The molecule has 0 saturated heterocycles. The molecule has 3 aromatic rings. The van der Waals surface area contributed by atoms with Gasteiger partial charge in [-0.25, -0.2) is 8.42 Å². The van der Waals surface area contributed by atoms with Crippen molar-refractivity contribution in [3.05, 3.63) is 66.2 Å². The van der Waals surface area contributed by atoms with E-state index in [1.54, 1.807) is 36.4 Å². The number of rotatable bonds is 4. The van der Waals surface area contributed by atoms with Crippen LogP contribution in [-0.2, 0) is 14.8 Å². The smallest absolute Gasteiger partial charge is 0.265 e. The quantitative estimate of drug-likeness (QED) is 0.727. The number of nitrogens with one attached hydrogen (secondary N) is 1. The first-order valence-electron chi connectivity index (χ1n) is 8.58. The minimum atomic E-state index is -3.75. The molecule has 1 aliphatic heterocycles. The number of nitrogens with zero attached hydrogens (tertiary/aromatic N) is 1. The molecule has 0 aliphatic carbocycles. The third kappa shape index (κ3) is 2.94. The number of hydrogen-bond donors (Lipinski definition) is 2. The fraction of sp³-hybridized carbons (Fsp3) is 0.150. The van der Waals surface area contributed by atoms with Gasteiger partial charge in [-0.1, -0.05) is 36.4 Å². The molecule has 6 nitrogen and oxygen atoms in total. The van der Waals surface area contributed by atoms with E-state index in [-0.39, 0.29) is 17.5 Å². The van der Waals surface area contributed by atoms with Gasteiger partial charge in [0.25, 0.3) is 10.0 Å². The summed E-state index contributed by atoms with van der Waals surface area (Å²) in [4.78, 5) is 12.7. The van der Waals surface area contributed by atoms with E-state index in [2.05, 4.69) is 5.32 Å². The maximum Gasteiger partial charge on any atom is 0.265 e. The van der Waals surface area contributed by atoms with Crippen LogP contribution in [-0.4, -0.2) is 20.9 Å². The van der Waals surface area contributed by atoms with Gasteiger partial charge >= 0.3 is 0 Å². The van der Waals surface area contributed by atoms with E-state index in [1.165, 1.54) is 0 Å². The fourth-order valence-electron chi connectivity index (χ4n) is 3.33. The van der Waals surface area contributed by atoms with Crippen LogP contribution in [0.25, 0.3) is 10.8 Å². The third-order valence-electron chi connectivity index (χ3n) is 4.69.